The Balaban J connectivity index is 1.68. The van der Waals surface area contributed by atoms with Crippen molar-refractivity contribution in [3.8, 4) is 5.75 Å². The number of amides is 2. The van der Waals surface area contributed by atoms with Crippen LogP contribution in [0.1, 0.15) is 44.2 Å². The fourth-order valence-corrected chi connectivity index (χ4v) is 3.97. The third kappa shape index (κ3) is 5.04. The zero-order valence-electron chi connectivity index (χ0n) is 19.7. The maximum atomic E-state index is 13.6. The Labute approximate surface area is 201 Å². The number of hydrogen-bond acceptors (Lipinski definition) is 4. The van der Waals surface area contributed by atoms with Gasteiger partial charge in [-0.3, -0.25) is 9.59 Å². The van der Waals surface area contributed by atoms with Crippen molar-refractivity contribution in [2.24, 2.45) is 0 Å². The largest absolute Gasteiger partial charge is 0.494 e. The van der Waals surface area contributed by atoms with Crippen molar-refractivity contribution < 1.29 is 14.3 Å². The Morgan fingerprint density at radius 3 is 2.29 bits per heavy atom. The molecule has 0 bridgehead atoms. The predicted molar refractivity (Wildman–Crippen MR) is 137 cm³/mol. The van der Waals surface area contributed by atoms with Gasteiger partial charge in [-0.2, -0.15) is 0 Å². The van der Waals surface area contributed by atoms with Crippen LogP contribution in [0, 0.1) is 0 Å². The van der Waals surface area contributed by atoms with Gasteiger partial charge in [0.2, 0.25) is 0 Å². The van der Waals surface area contributed by atoms with E-state index in [-0.39, 0.29) is 17.5 Å². The Bertz CT molecular complexity index is 1180. The van der Waals surface area contributed by atoms with Crippen molar-refractivity contribution in [2.45, 2.75) is 39.5 Å². The van der Waals surface area contributed by atoms with Crippen LogP contribution >= 0.6 is 0 Å². The fourth-order valence-electron chi connectivity index (χ4n) is 3.97. The molecule has 2 amide bonds. The van der Waals surface area contributed by atoms with E-state index in [4.69, 9.17) is 4.74 Å². The van der Waals surface area contributed by atoms with E-state index in [2.05, 4.69) is 12.2 Å². The van der Waals surface area contributed by atoms with Crippen LogP contribution < -0.4 is 15.0 Å². The van der Waals surface area contributed by atoms with E-state index < -0.39 is 0 Å². The molecule has 3 aromatic rings. The molecule has 0 saturated carbocycles. The minimum Gasteiger partial charge on any atom is -0.494 e. The van der Waals surface area contributed by atoms with Gasteiger partial charge in [0.05, 0.1) is 17.9 Å². The monoisotopic (exact) mass is 454 g/mol. The highest BCUT2D eigenvalue weighted by Crippen LogP contribution is 2.34. The lowest BCUT2D eigenvalue weighted by molar-refractivity contribution is -0.120. The van der Waals surface area contributed by atoms with Crippen molar-refractivity contribution in [3.05, 3.63) is 95.7 Å². The standard InChI is InChI=1S/C29H30N2O3/c1-3-5-10-21-15-17-24(18-16-21)31-28(32)26(22-11-7-6-8-12-22)27(29(31)33)30-23-13-9-14-25(20-23)34-19-4-2/h6-9,11-18,20,30H,3-5,10,19H2,1-2H3. The first-order valence-electron chi connectivity index (χ1n) is 11.9. The summed E-state index contributed by atoms with van der Waals surface area (Å²) in [7, 11) is 0. The Morgan fingerprint density at radius 2 is 1.59 bits per heavy atom. The van der Waals surface area contributed by atoms with Gasteiger partial charge in [-0.05, 0) is 54.7 Å². The van der Waals surface area contributed by atoms with E-state index in [0.29, 0.717) is 34.9 Å². The number of carbonyl (C=O) groups is 2. The number of rotatable bonds is 10. The number of imide groups is 1. The van der Waals surface area contributed by atoms with Crippen LogP contribution in [0.5, 0.6) is 5.75 Å². The molecule has 5 nitrogen and oxygen atoms in total. The normalized spacial score (nSPS) is 13.5. The maximum Gasteiger partial charge on any atom is 0.282 e. The number of carbonyl (C=O) groups excluding carboxylic acids is 2. The van der Waals surface area contributed by atoms with Gasteiger partial charge >= 0.3 is 0 Å². The second-order valence-electron chi connectivity index (χ2n) is 8.33. The number of anilines is 2. The molecule has 0 atom stereocenters. The number of nitrogens with one attached hydrogen (secondary N) is 1. The van der Waals surface area contributed by atoms with Crippen LogP contribution in [0.3, 0.4) is 0 Å². The summed E-state index contributed by atoms with van der Waals surface area (Å²) in [5.41, 5.74) is 3.78. The van der Waals surface area contributed by atoms with Crippen molar-refractivity contribution >= 4 is 28.8 Å². The molecule has 0 aliphatic carbocycles. The zero-order chi connectivity index (χ0) is 23.9. The van der Waals surface area contributed by atoms with Crippen molar-refractivity contribution in [3.63, 3.8) is 0 Å². The molecule has 0 spiro atoms. The van der Waals surface area contributed by atoms with Gasteiger partial charge in [-0.15, -0.1) is 0 Å². The lowest BCUT2D eigenvalue weighted by atomic mass is 10.0. The summed E-state index contributed by atoms with van der Waals surface area (Å²) < 4.78 is 5.73. The highest BCUT2D eigenvalue weighted by molar-refractivity contribution is 6.46. The number of nitrogens with zero attached hydrogens (tertiary/aromatic N) is 1. The average molecular weight is 455 g/mol. The first-order valence-corrected chi connectivity index (χ1v) is 11.9. The van der Waals surface area contributed by atoms with Gasteiger partial charge in [0.1, 0.15) is 11.4 Å². The number of benzene rings is 3. The van der Waals surface area contributed by atoms with Crippen LogP contribution in [0.25, 0.3) is 5.57 Å². The molecule has 5 heteroatoms. The van der Waals surface area contributed by atoms with Gasteiger partial charge in [0, 0.05) is 11.8 Å². The number of hydrogen-bond donors (Lipinski definition) is 1. The topological polar surface area (TPSA) is 58.6 Å². The van der Waals surface area contributed by atoms with Crippen LogP contribution in [0.15, 0.2) is 84.6 Å². The number of ether oxygens (including phenoxy) is 1. The second kappa shape index (κ2) is 10.8. The molecule has 34 heavy (non-hydrogen) atoms. The lowest BCUT2D eigenvalue weighted by Crippen LogP contribution is -2.32. The number of unbranched alkanes of at least 4 members (excludes halogenated alkanes) is 1. The van der Waals surface area contributed by atoms with E-state index >= 15 is 0 Å². The van der Waals surface area contributed by atoms with Crippen LogP contribution in [0.4, 0.5) is 11.4 Å². The van der Waals surface area contributed by atoms with Crippen LogP contribution in [0.2, 0.25) is 0 Å². The SMILES string of the molecule is CCCCc1ccc(N2C(=O)C(Nc3cccc(OCCC)c3)=C(c3ccccc3)C2=O)cc1. The molecule has 0 unspecified atom stereocenters. The van der Waals surface area contributed by atoms with E-state index in [1.54, 1.807) is 0 Å². The van der Waals surface area contributed by atoms with E-state index in [9.17, 15) is 9.59 Å². The molecule has 0 saturated heterocycles. The summed E-state index contributed by atoms with van der Waals surface area (Å²) in [6.45, 7) is 4.82. The lowest BCUT2D eigenvalue weighted by Gasteiger charge is -2.16. The van der Waals surface area contributed by atoms with Gasteiger partial charge in [-0.25, -0.2) is 4.90 Å². The second-order valence-corrected chi connectivity index (χ2v) is 8.33. The first kappa shape index (κ1) is 23.3. The summed E-state index contributed by atoms with van der Waals surface area (Å²) in [5, 5.41) is 3.21. The fraction of sp³-hybridized carbons (Fsp3) is 0.241. The van der Waals surface area contributed by atoms with Gasteiger partial charge < -0.3 is 10.1 Å². The molecule has 0 fully saturated rings. The molecule has 3 aromatic carbocycles. The van der Waals surface area contributed by atoms with Crippen LogP contribution in [-0.4, -0.2) is 18.4 Å². The van der Waals surface area contributed by atoms with Gasteiger partial charge in [-0.1, -0.05) is 68.8 Å². The minimum absolute atomic E-state index is 0.263. The van der Waals surface area contributed by atoms with Gasteiger partial charge in [0.25, 0.3) is 11.8 Å². The van der Waals surface area contributed by atoms with E-state index in [1.807, 2.05) is 85.8 Å². The molecule has 1 N–H and O–H groups in total. The summed E-state index contributed by atoms with van der Waals surface area (Å²) >= 11 is 0. The Kier molecular flexibility index (Phi) is 7.43. The van der Waals surface area contributed by atoms with E-state index in [1.165, 1.54) is 10.5 Å². The van der Waals surface area contributed by atoms with Crippen molar-refractivity contribution in [2.75, 3.05) is 16.8 Å². The minimum atomic E-state index is -0.370. The third-order valence-corrected chi connectivity index (χ3v) is 5.74. The van der Waals surface area contributed by atoms with Crippen molar-refractivity contribution in [1.29, 1.82) is 0 Å². The molecule has 0 aromatic heterocycles. The van der Waals surface area contributed by atoms with E-state index in [0.717, 1.165) is 25.7 Å². The molecule has 1 aliphatic rings. The average Bonchev–Trinajstić information content (AvgIpc) is 3.11. The quantitative estimate of drug-likeness (QED) is 0.370. The molecular weight excluding hydrogens is 424 g/mol. The highest BCUT2D eigenvalue weighted by Gasteiger charge is 2.40. The van der Waals surface area contributed by atoms with Gasteiger partial charge in [0.15, 0.2) is 0 Å². The summed E-state index contributed by atoms with van der Waals surface area (Å²) in [6.07, 6.45) is 4.11. The van der Waals surface area contributed by atoms with Crippen LogP contribution in [-0.2, 0) is 16.0 Å². The molecule has 4 rings (SSSR count). The molecule has 1 heterocycles. The first-order chi connectivity index (χ1) is 16.6. The molecular formula is C29H30N2O3. The zero-order valence-corrected chi connectivity index (χ0v) is 19.7. The molecule has 1 aliphatic heterocycles. The molecule has 174 valence electrons. The summed E-state index contributed by atoms with van der Waals surface area (Å²) in [6, 6.07) is 24.4. The summed E-state index contributed by atoms with van der Waals surface area (Å²) in [4.78, 5) is 28.4. The highest BCUT2D eigenvalue weighted by atomic mass is 16.5. The maximum absolute atomic E-state index is 13.6. The third-order valence-electron chi connectivity index (χ3n) is 5.74. The Hall–Kier alpha value is -3.86. The van der Waals surface area contributed by atoms with Crippen molar-refractivity contribution in [1.82, 2.24) is 0 Å². The number of aryl methyl sites for hydroxylation is 1. The smallest absolute Gasteiger partial charge is 0.282 e. The Morgan fingerprint density at radius 1 is 0.824 bits per heavy atom. The summed E-state index contributed by atoms with van der Waals surface area (Å²) in [5.74, 6) is 0.00782. The molecule has 0 radical (unpaired) electrons. The predicted octanol–water partition coefficient (Wildman–Crippen LogP) is 6.21.